The molecule has 0 radical (unpaired) electrons. The number of anilines is 1. The third-order valence-electron chi connectivity index (χ3n) is 5.09. The van der Waals surface area contributed by atoms with Crippen LogP contribution in [0, 0.1) is 13.8 Å². The summed E-state index contributed by atoms with van der Waals surface area (Å²) in [5.41, 5.74) is 0.951. The van der Waals surface area contributed by atoms with Crippen LogP contribution in [0.25, 0.3) is 0 Å². The van der Waals surface area contributed by atoms with Crippen molar-refractivity contribution in [2.24, 2.45) is 0 Å². The van der Waals surface area contributed by atoms with Crippen LogP contribution in [0.15, 0.2) is 71.6 Å². The SMILES string of the molecule is Cc1ccc(C)c(S(=O)(=O)Nc2ccc(C(=O)NCC(O)c3cccc(C(F)(F)F)c3)cc2)c1. The summed E-state index contributed by atoms with van der Waals surface area (Å²) in [4.78, 5) is 12.5. The third-order valence-corrected chi connectivity index (χ3v) is 6.61. The maximum atomic E-state index is 12.8. The first-order valence-electron chi connectivity index (χ1n) is 10.2. The quantitative estimate of drug-likeness (QED) is 0.450. The Hall–Kier alpha value is -3.37. The minimum atomic E-state index is -4.54. The molecule has 0 heterocycles. The second-order valence-electron chi connectivity index (χ2n) is 7.80. The lowest BCUT2D eigenvalue weighted by molar-refractivity contribution is -0.137. The van der Waals surface area contributed by atoms with Gasteiger partial charge in [0.25, 0.3) is 15.9 Å². The summed E-state index contributed by atoms with van der Waals surface area (Å²) in [7, 11) is -3.83. The van der Waals surface area contributed by atoms with Gasteiger partial charge in [0.2, 0.25) is 0 Å². The Labute approximate surface area is 195 Å². The number of amides is 1. The second-order valence-corrected chi connectivity index (χ2v) is 9.45. The van der Waals surface area contributed by atoms with Gasteiger partial charge in [0, 0.05) is 17.8 Å². The Morgan fingerprint density at radius 2 is 1.68 bits per heavy atom. The van der Waals surface area contributed by atoms with Gasteiger partial charge in [0.1, 0.15) is 0 Å². The molecule has 10 heteroatoms. The third kappa shape index (κ3) is 6.15. The first-order chi connectivity index (χ1) is 15.9. The van der Waals surface area contributed by atoms with Crippen molar-refractivity contribution in [3.8, 4) is 0 Å². The molecule has 0 bridgehead atoms. The number of alkyl halides is 3. The molecule has 3 aromatic rings. The molecule has 3 N–H and O–H groups in total. The van der Waals surface area contributed by atoms with E-state index in [0.717, 1.165) is 17.7 Å². The van der Waals surface area contributed by atoms with Gasteiger partial charge in [0.05, 0.1) is 16.6 Å². The number of hydrogen-bond donors (Lipinski definition) is 3. The van der Waals surface area contributed by atoms with Gasteiger partial charge >= 0.3 is 6.18 Å². The molecule has 6 nitrogen and oxygen atoms in total. The van der Waals surface area contributed by atoms with Crippen molar-refractivity contribution in [2.45, 2.75) is 31.0 Å². The number of aliphatic hydroxyl groups excluding tert-OH is 1. The molecule has 0 fully saturated rings. The van der Waals surface area contributed by atoms with Crippen molar-refractivity contribution in [1.82, 2.24) is 5.32 Å². The summed E-state index contributed by atoms with van der Waals surface area (Å²) in [6, 6.07) is 15.0. The molecule has 3 aromatic carbocycles. The number of nitrogens with one attached hydrogen (secondary N) is 2. The molecule has 0 saturated carbocycles. The van der Waals surface area contributed by atoms with Crippen molar-refractivity contribution in [3.63, 3.8) is 0 Å². The van der Waals surface area contributed by atoms with E-state index in [4.69, 9.17) is 0 Å². The number of aliphatic hydroxyl groups is 1. The molecule has 1 unspecified atom stereocenters. The van der Waals surface area contributed by atoms with E-state index in [1.165, 1.54) is 36.4 Å². The first kappa shape index (κ1) is 25.3. The van der Waals surface area contributed by atoms with Crippen LogP contribution in [-0.2, 0) is 16.2 Å². The Kier molecular flexibility index (Phi) is 7.32. The van der Waals surface area contributed by atoms with Crippen LogP contribution in [0.5, 0.6) is 0 Å². The minimum Gasteiger partial charge on any atom is -0.387 e. The molecular weight excluding hydrogens is 469 g/mol. The molecule has 34 heavy (non-hydrogen) atoms. The summed E-state index contributed by atoms with van der Waals surface area (Å²) >= 11 is 0. The van der Waals surface area contributed by atoms with Gasteiger partial charge in [-0.05, 0) is 73.0 Å². The van der Waals surface area contributed by atoms with Crippen LogP contribution in [0.1, 0.15) is 38.7 Å². The fraction of sp³-hybridized carbons (Fsp3) is 0.208. The highest BCUT2D eigenvalue weighted by Crippen LogP contribution is 2.30. The summed E-state index contributed by atoms with van der Waals surface area (Å²) in [5, 5.41) is 12.6. The smallest absolute Gasteiger partial charge is 0.387 e. The van der Waals surface area contributed by atoms with Gasteiger partial charge in [-0.3, -0.25) is 9.52 Å². The number of halogens is 3. The average Bonchev–Trinajstić information content (AvgIpc) is 2.78. The van der Waals surface area contributed by atoms with Crippen LogP contribution >= 0.6 is 0 Å². The lowest BCUT2D eigenvalue weighted by Crippen LogP contribution is -2.28. The summed E-state index contributed by atoms with van der Waals surface area (Å²) in [5.74, 6) is -0.574. The van der Waals surface area contributed by atoms with Crippen LogP contribution < -0.4 is 10.0 Å². The monoisotopic (exact) mass is 492 g/mol. The van der Waals surface area contributed by atoms with Crippen LogP contribution in [0.4, 0.5) is 18.9 Å². The largest absolute Gasteiger partial charge is 0.416 e. The molecular formula is C24H23F3N2O4S. The van der Waals surface area contributed by atoms with Crippen LogP contribution in [-0.4, -0.2) is 26.0 Å². The van der Waals surface area contributed by atoms with Gasteiger partial charge in [-0.1, -0.05) is 24.3 Å². The van der Waals surface area contributed by atoms with E-state index < -0.39 is 33.8 Å². The molecule has 0 aromatic heterocycles. The maximum Gasteiger partial charge on any atom is 0.416 e. The lowest BCUT2D eigenvalue weighted by atomic mass is 10.1. The number of rotatable bonds is 7. The van der Waals surface area contributed by atoms with Gasteiger partial charge in [-0.15, -0.1) is 0 Å². The van der Waals surface area contributed by atoms with Gasteiger partial charge in [-0.2, -0.15) is 13.2 Å². The number of carbonyl (C=O) groups excluding carboxylic acids is 1. The molecule has 0 spiro atoms. The van der Waals surface area contributed by atoms with Crippen molar-refractivity contribution in [3.05, 3.63) is 94.5 Å². The van der Waals surface area contributed by atoms with Crippen molar-refractivity contribution in [2.75, 3.05) is 11.3 Å². The molecule has 1 amide bonds. The van der Waals surface area contributed by atoms with Crippen molar-refractivity contribution in [1.29, 1.82) is 0 Å². The molecule has 0 aliphatic rings. The minimum absolute atomic E-state index is 0.0197. The zero-order chi connectivity index (χ0) is 25.1. The number of benzene rings is 3. The van der Waals surface area contributed by atoms with Gasteiger partial charge in [0.15, 0.2) is 0 Å². The predicted molar refractivity (Wildman–Crippen MR) is 122 cm³/mol. The van der Waals surface area contributed by atoms with E-state index in [1.807, 2.05) is 6.07 Å². The van der Waals surface area contributed by atoms with Crippen LogP contribution in [0.2, 0.25) is 0 Å². The van der Waals surface area contributed by atoms with E-state index >= 15 is 0 Å². The number of aryl methyl sites for hydroxylation is 2. The summed E-state index contributed by atoms with van der Waals surface area (Å²) in [6.45, 7) is 3.17. The van der Waals surface area contributed by atoms with Crippen molar-refractivity contribution >= 4 is 21.6 Å². The molecule has 1 atom stereocenters. The first-order valence-corrected chi connectivity index (χ1v) is 11.7. The van der Waals surface area contributed by atoms with Gasteiger partial charge in [-0.25, -0.2) is 8.42 Å². The Bertz CT molecular complexity index is 1290. The van der Waals surface area contributed by atoms with Gasteiger partial charge < -0.3 is 10.4 Å². The highest BCUT2D eigenvalue weighted by molar-refractivity contribution is 7.92. The van der Waals surface area contributed by atoms with E-state index in [-0.39, 0.29) is 28.3 Å². The summed E-state index contributed by atoms with van der Waals surface area (Å²) < 4.78 is 66.4. The normalized spacial score (nSPS) is 12.8. The summed E-state index contributed by atoms with van der Waals surface area (Å²) in [6.07, 6.45) is -5.88. The zero-order valence-electron chi connectivity index (χ0n) is 18.3. The standard InChI is InChI=1S/C24H23F3N2O4S/c1-15-6-7-16(2)22(12-15)34(32,33)29-20-10-8-17(9-11-20)23(31)28-14-21(30)18-4-3-5-19(13-18)24(25,26)27/h3-13,21,29-30H,14H2,1-2H3,(H,28,31). The fourth-order valence-electron chi connectivity index (χ4n) is 3.23. The molecule has 180 valence electrons. The Morgan fingerprint density at radius 3 is 2.32 bits per heavy atom. The average molecular weight is 493 g/mol. The van der Waals surface area contributed by atoms with E-state index in [2.05, 4.69) is 10.0 Å². The lowest BCUT2D eigenvalue weighted by Gasteiger charge is -2.15. The molecule has 0 aliphatic heterocycles. The fourth-order valence-corrected chi connectivity index (χ4v) is 4.62. The molecule has 0 saturated heterocycles. The van der Waals surface area contributed by atoms with Crippen LogP contribution in [0.3, 0.4) is 0 Å². The zero-order valence-corrected chi connectivity index (χ0v) is 19.2. The predicted octanol–water partition coefficient (Wildman–Crippen LogP) is 4.59. The van der Waals surface area contributed by atoms with E-state index in [9.17, 15) is 31.5 Å². The second kappa shape index (κ2) is 9.86. The Balaban J connectivity index is 1.64. The number of sulfonamides is 1. The highest BCUT2D eigenvalue weighted by Gasteiger charge is 2.30. The van der Waals surface area contributed by atoms with E-state index in [1.54, 1.807) is 26.0 Å². The van der Waals surface area contributed by atoms with Crippen molar-refractivity contribution < 1.29 is 31.5 Å². The molecule has 0 aliphatic carbocycles. The number of carbonyl (C=O) groups is 1. The molecule has 3 rings (SSSR count). The maximum absolute atomic E-state index is 12.8. The van der Waals surface area contributed by atoms with E-state index in [0.29, 0.717) is 5.56 Å². The highest BCUT2D eigenvalue weighted by atomic mass is 32.2. The number of hydrogen-bond acceptors (Lipinski definition) is 4. The topological polar surface area (TPSA) is 95.5 Å². The Morgan fingerprint density at radius 1 is 1.00 bits per heavy atom.